The third-order valence-corrected chi connectivity index (χ3v) is 6.01. The van der Waals surface area contributed by atoms with E-state index >= 15 is 0 Å². The fraction of sp³-hybridized carbons (Fsp3) is 0.240. The van der Waals surface area contributed by atoms with Crippen molar-refractivity contribution < 1.29 is 9.53 Å². The van der Waals surface area contributed by atoms with E-state index < -0.39 is 7.92 Å². The molecule has 0 spiro atoms. The topological polar surface area (TPSA) is 26.3 Å². The largest absolute Gasteiger partial charge is 0.465 e. The maximum Gasteiger partial charge on any atom is 0.338 e. The standard InChI is InChI=1S/C21H21O2P.2C2H6/c1-4-12-19(21(22)23-3)20(5-2)24(17-13-8-6-9-14-17)18-15-10-7-11-16-18;2*1-2/h4-16H,2H2,1,3H3;2*1-2H3/b12-4-,20-19-;;. The van der Waals surface area contributed by atoms with Gasteiger partial charge in [-0.2, -0.15) is 0 Å². The van der Waals surface area contributed by atoms with Gasteiger partial charge in [-0.3, -0.25) is 0 Å². The quantitative estimate of drug-likeness (QED) is 0.246. The first-order chi connectivity index (χ1) is 13.7. The summed E-state index contributed by atoms with van der Waals surface area (Å²) in [6.45, 7) is 13.9. The van der Waals surface area contributed by atoms with Crippen LogP contribution in [-0.4, -0.2) is 13.1 Å². The smallest absolute Gasteiger partial charge is 0.338 e. The lowest BCUT2D eigenvalue weighted by Gasteiger charge is -2.22. The predicted octanol–water partition coefficient (Wildman–Crippen LogP) is 6.36. The van der Waals surface area contributed by atoms with Gasteiger partial charge in [0, 0.05) is 0 Å². The van der Waals surface area contributed by atoms with E-state index in [-0.39, 0.29) is 5.97 Å². The summed E-state index contributed by atoms with van der Waals surface area (Å²) in [6.07, 6.45) is 5.42. The molecule has 0 aromatic heterocycles. The number of hydrogen-bond acceptors (Lipinski definition) is 2. The van der Waals surface area contributed by atoms with Crippen LogP contribution in [0.25, 0.3) is 0 Å². The number of esters is 1. The van der Waals surface area contributed by atoms with E-state index in [1.165, 1.54) is 17.7 Å². The lowest BCUT2D eigenvalue weighted by Crippen LogP contribution is -2.15. The average Bonchev–Trinajstić information content (AvgIpc) is 2.79. The Morgan fingerprint density at radius 3 is 1.64 bits per heavy atom. The molecule has 0 fully saturated rings. The van der Waals surface area contributed by atoms with Crippen LogP contribution in [0.2, 0.25) is 0 Å². The number of carbonyl (C=O) groups is 1. The highest BCUT2D eigenvalue weighted by molar-refractivity contribution is 7.77. The molecule has 0 aliphatic carbocycles. The Hall–Kier alpha value is -2.44. The fourth-order valence-corrected chi connectivity index (χ4v) is 4.82. The summed E-state index contributed by atoms with van der Waals surface area (Å²) < 4.78 is 4.98. The lowest BCUT2D eigenvalue weighted by molar-refractivity contribution is -0.135. The summed E-state index contributed by atoms with van der Waals surface area (Å²) >= 11 is 0. The maximum absolute atomic E-state index is 12.3. The molecule has 0 saturated heterocycles. The van der Waals surface area contributed by atoms with Gasteiger partial charge in [-0.1, -0.05) is 113 Å². The van der Waals surface area contributed by atoms with E-state index in [2.05, 4.69) is 30.8 Å². The molecule has 0 aliphatic rings. The van der Waals surface area contributed by atoms with Crippen molar-refractivity contribution in [3.8, 4) is 0 Å². The van der Waals surface area contributed by atoms with Gasteiger partial charge in [-0.05, 0) is 30.8 Å². The van der Waals surface area contributed by atoms with E-state index in [1.54, 1.807) is 12.2 Å². The van der Waals surface area contributed by atoms with Crippen molar-refractivity contribution in [2.24, 2.45) is 0 Å². The molecule has 0 saturated carbocycles. The van der Waals surface area contributed by atoms with Gasteiger partial charge in [-0.25, -0.2) is 4.79 Å². The van der Waals surface area contributed by atoms with Gasteiger partial charge in [0.25, 0.3) is 0 Å². The molecule has 0 aliphatic heterocycles. The highest BCUT2D eigenvalue weighted by Crippen LogP contribution is 2.45. The number of benzene rings is 2. The van der Waals surface area contributed by atoms with Gasteiger partial charge in [0.05, 0.1) is 12.7 Å². The third-order valence-electron chi connectivity index (χ3n) is 3.48. The number of ether oxygens (including phenoxy) is 1. The van der Waals surface area contributed by atoms with Crippen LogP contribution >= 0.6 is 7.92 Å². The molecule has 0 radical (unpaired) electrons. The second-order valence-electron chi connectivity index (χ2n) is 5.00. The minimum Gasteiger partial charge on any atom is -0.465 e. The van der Waals surface area contributed by atoms with Crippen molar-refractivity contribution in [3.63, 3.8) is 0 Å². The van der Waals surface area contributed by atoms with Crippen LogP contribution in [0, 0.1) is 0 Å². The zero-order chi connectivity index (χ0) is 21.4. The molecule has 2 aromatic rings. The van der Waals surface area contributed by atoms with E-state index in [9.17, 15) is 4.79 Å². The normalized spacial score (nSPS) is 10.8. The van der Waals surface area contributed by atoms with Crippen LogP contribution < -0.4 is 10.6 Å². The molecule has 0 bridgehead atoms. The zero-order valence-electron chi connectivity index (χ0n) is 18.0. The first kappa shape index (κ1) is 25.6. The summed E-state index contributed by atoms with van der Waals surface area (Å²) in [7, 11) is 0.509. The maximum atomic E-state index is 12.3. The molecule has 3 heteroatoms. The van der Waals surface area contributed by atoms with Crippen molar-refractivity contribution in [3.05, 3.63) is 96.4 Å². The summed E-state index contributed by atoms with van der Waals surface area (Å²) in [6, 6.07) is 20.4. The van der Waals surface area contributed by atoms with E-state index in [4.69, 9.17) is 4.74 Å². The Bertz CT molecular complexity index is 707. The molecule has 0 unspecified atom stereocenters. The second kappa shape index (κ2) is 15.6. The monoisotopic (exact) mass is 396 g/mol. The summed E-state index contributed by atoms with van der Waals surface area (Å²) in [5, 5.41) is 3.23. The van der Waals surface area contributed by atoms with Crippen LogP contribution in [0.1, 0.15) is 34.6 Å². The third kappa shape index (κ3) is 7.29. The number of methoxy groups -OCH3 is 1. The molecule has 0 heterocycles. The van der Waals surface area contributed by atoms with Gasteiger partial charge in [0.15, 0.2) is 0 Å². The van der Waals surface area contributed by atoms with Gasteiger partial charge in [0.1, 0.15) is 0 Å². The number of carbonyl (C=O) groups excluding carboxylic acids is 1. The molecule has 0 amide bonds. The van der Waals surface area contributed by atoms with Crippen molar-refractivity contribution in [1.29, 1.82) is 0 Å². The number of allylic oxidation sites excluding steroid dienone is 3. The molecular formula is C25H33O2P. The van der Waals surface area contributed by atoms with Crippen LogP contribution in [0.3, 0.4) is 0 Å². The Labute approximate surface area is 172 Å². The predicted molar refractivity (Wildman–Crippen MR) is 126 cm³/mol. The van der Waals surface area contributed by atoms with Gasteiger partial charge < -0.3 is 4.74 Å². The second-order valence-corrected chi connectivity index (χ2v) is 7.19. The molecule has 0 N–H and O–H groups in total. The number of rotatable bonds is 6. The Balaban J connectivity index is 0.00000171. The molecule has 2 aromatic carbocycles. The van der Waals surface area contributed by atoms with Crippen LogP contribution in [-0.2, 0) is 9.53 Å². The van der Waals surface area contributed by atoms with Crippen molar-refractivity contribution in [1.82, 2.24) is 0 Å². The number of hydrogen-bond donors (Lipinski definition) is 0. The highest BCUT2D eigenvalue weighted by atomic mass is 31.1. The van der Waals surface area contributed by atoms with Gasteiger partial charge >= 0.3 is 5.97 Å². The molecule has 2 rings (SSSR count). The van der Waals surface area contributed by atoms with Crippen LogP contribution in [0.4, 0.5) is 0 Å². The zero-order valence-corrected chi connectivity index (χ0v) is 18.9. The molecular weight excluding hydrogens is 363 g/mol. The van der Waals surface area contributed by atoms with Crippen molar-refractivity contribution in [2.75, 3.05) is 7.11 Å². The minimum atomic E-state index is -0.894. The molecule has 0 atom stereocenters. The van der Waals surface area contributed by atoms with E-state index in [0.717, 1.165) is 5.31 Å². The molecule has 150 valence electrons. The summed E-state index contributed by atoms with van der Waals surface area (Å²) in [5.74, 6) is -0.345. The Kier molecular flexibility index (Phi) is 14.2. The van der Waals surface area contributed by atoms with E-state index in [1.807, 2.05) is 77.1 Å². The van der Waals surface area contributed by atoms with Crippen LogP contribution in [0.5, 0.6) is 0 Å². The summed E-state index contributed by atoms with van der Waals surface area (Å²) in [4.78, 5) is 12.3. The molecule has 28 heavy (non-hydrogen) atoms. The fourth-order valence-electron chi connectivity index (χ4n) is 2.44. The van der Waals surface area contributed by atoms with Crippen LogP contribution in [0.15, 0.2) is 96.4 Å². The van der Waals surface area contributed by atoms with Crippen molar-refractivity contribution in [2.45, 2.75) is 34.6 Å². The Morgan fingerprint density at radius 1 is 0.893 bits per heavy atom. The molecule has 2 nitrogen and oxygen atoms in total. The first-order valence-electron chi connectivity index (χ1n) is 9.70. The highest BCUT2D eigenvalue weighted by Gasteiger charge is 2.22. The average molecular weight is 397 g/mol. The van der Waals surface area contributed by atoms with Gasteiger partial charge in [-0.15, -0.1) is 0 Å². The summed E-state index contributed by atoms with van der Waals surface area (Å²) in [5.41, 5.74) is 0.550. The minimum absolute atomic E-state index is 0.345. The lowest BCUT2D eigenvalue weighted by atomic mass is 10.2. The Morgan fingerprint density at radius 2 is 1.32 bits per heavy atom. The SMILES string of the molecule is C=C/C(=C(\C=C/C)C(=O)OC)P(c1ccccc1)c1ccccc1.CC.CC. The first-order valence-corrected chi connectivity index (χ1v) is 11.0. The van der Waals surface area contributed by atoms with E-state index in [0.29, 0.717) is 5.57 Å². The van der Waals surface area contributed by atoms with Gasteiger partial charge in [0.2, 0.25) is 0 Å². The van der Waals surface area contributed by atoms with Crippen molar-refractivity contribution >= 4 is 24.5 Å².